The molecule has 1 N–H and O–H groups in total. The minimum atomic E-state index is 0.123. The molecule has 26 heavy (non-hydrogen) atoms. The maximum Gasteiger partial charge on any atom is 0.220 e. The number of nitrogens with one attached hydrogen (secondary N) is 1. The number of carbonyl (C=O) groups excluding carboxylic acids is 1. The fourth-order valence-electron chi connectivity index (χ4n) is 2.71. The number of unbranched alkanes of at least 4 members (excludes halogenated alkanes) is 1. The summed E-state index contributed by atoms with van der Waals surface area (Å²) < 4.78 is 0. The third kappa shape index (κ3) is 5.77. The van der Waals surface area contributed by atoms with E-state index >= 15 is 0 Å². The van der Waals surface area contributed by atoms with Crippen molar-refractivity contribution in [3.63, 3.8) is 0 Å². The number of rotatable bonds is 9. The van der Waals surface area contributed by atoms with Gasteiger partial charge in [-0.1, -0.05) is 36.4 Å². The fraction of sp³-hybridized carbons (Fsp3) is 0.286. The summed E-state index contributed by atoms with van der Waals surface area (Å²) in [6, 6.07) is 16.2. The zero-order valence-electron chi connectivity index (χ0n) is 14.7. The summed E-state index contributed by atoms with van der Waals surface area (Å²) >= 11 is 1.59. The van der Waals surface area contributed by atoms with E-state index in [-0.39, 0.29) is 5.91 Å². The van der Waals surface area contributed by atoms with Crippen molar-refractivity contribution in [3.8, 4) is 10.7 Å². The zero-order valence-corrected chi connectivity index (χ0v) is 15.5. The third-order valence-corrected chi connectivity index (χ3v) is 5.01. The first-order valence-corrected chi connectivity index (χ1v) is 9.85. The molecule has 2 aromatic heterocycles. The molecule has 0 radical (unpaired) electrons. The largest absolute Gasteiger partial charge is 0.356 e. The summed E-state index contributed by atoms with van der Waals surface area (Å²) in [6.07, 6.45) is 6.10. The molecule has 0 unspecified atom stereocenters. The Morgan fingerprint density at radius 1 is 1.00 bits per heavy atom. The molecule has 0 saturated heterocycles. The molecule has 1 aromatic carbocycles. The van der Waals surface area contributed by atoms with E-state index in [1.807, 2.05) is 29.6 Å². The lowest BCUT2D eigenvalue weighted by Gasteiger charge is -2.04. The molecule has 0 aliphatic carbocycles. The van der Waals surface area contributed by atoms with E-state index in [1.165, 1.54) is 5.56 Å². The highest BCUT2D eigenvalue weighted by Crippen LogP contribution is 2.21. The lowest BCUT2D eigenvalue weighted by Crippen LogP contribution is -2.25. The Hall–Kier alpha value is -2.53. The van der Waals surface area contributed by atoms with Crippen LogP contribution in [0.25, 0.3) is 10.7 Å². The Morgan fingerprint density at radius 3 is 2.65 bits per heavy atom. The van der Waals surface area contributed by atoms with Gasteiger partial charge >= 0.3 is 0 Å². The molecule has 134 valence electrons. The summed E-state index contributed by atoms with van der Waals surface area (Å²) in [7, 11) is 0. The molecule has 3 rings (SSSR count). The highest BCUT2D eigenvalue weighted by molar-refractivity contribution is 7.13. The quantitative estimate of drug-likeness (QED) is 0.576. The lowest BCUT2D eigenvalue weighted by atomic mass is 10.1. The van der Waals surface area contributed by atoms with Crippen LogP contribution in [0.5, 0.6) is 0 Å². The van der Waals surface area contributed by atoms with Crippen LogP contribution in [0.1, 0.15) is 30.5 Å². The van der Waals surface area contributed by atoms with Crippen molar-refractivity contribution in [2.24, 2.45) is 0 Å². The number of carbonyl (C=O) groups is 1. The van der Waals surface area contributed by atoms with Gasteiger partial charge in [-0.2, -0.15) is 0 Å². The monoisotopic (exact) mass is 365 g/mol. The van der Waals surface area contributed by atoms with Gasteiger partial charge in [0.15, 0.2) is 0 Å². The summed E-state index contributed by atoms with van der Waals surface area (Å²) in [5, 5.41) is 5.95. The molecular weight excluding hydrogens is 342 g/mol. The second kappa shape index (κ2) is 9.82. The van der Waals surface area contributed by atoms with Gasteiger partial charge in [-0.3, -0.25) is 9.78 Å². The molecule has 2 heterocycles. The van der Waals surface area contributed by atoms with Gasteiger partial charge in [0.2, 0.25) is 5.91 Å². The van der Waals surface area contributed by atoms with Crippen LogP contribution in [-0.4, -0.2) is 22.4 Å². The summed E-state index contributed by atoms with van der Waals surface area (Å²) in [5.41, 5.74) is 3.23. The Labute approximate surface area is 158 Å². The molecular formula is C21H23N3OS. The normalized spacial score (nSPS) is 10.6. The molecule has 0 aliphatic rings. The molecule has 1 amide bonds. The molecule has 0 bridgehead atoms. The number of hydrogen-bond acceptors (Lipinski definition) is 4. The zero-order chi connectivity index (χ0) is 18.0. The van der Waals surface area contributed by atoms with Gasteiger partial charge in [-0.05, 0) is 37.0 Å². The first kappa shape index (κ1) is 18.3. The smallest absolute Gasteiger partial charge is 0.220 e. The Balaban J connectivity index is 1.32. The average Bonchev–Trinajstić information content (AvgIpc) is 3.16. The first-order valence-electron chi connectivity index (χ1n) is 8.98. The number of nitrogens with zero attached hydrogens (tertiary/aromatic N) is 2. The van der Waals surface area contributed by atoms with Crippen molar-refractivity contribution >= 4 is 17.2 Å². The van der Waals surface area contributed by atoms with E-state index in [4.69, 9.17) is 0 Å². The van der Waals surface area contributed by atoms with Crippen LogP contribution in [-0.2, 0) is 17.6 Å². The van der Waals surface area contributed by atoms with Crippen LogP contribution < -0.4 is 5.32 Å². The van der Waals surface area contributed by atoms with E-state index in [1.54, 1.807) is 17.5 Å². The van der Waals surface area contributed by atoms with Crippen LogP contribution in [0.2, 0.25) is 0 Å². The molecule has 0 saturated carbocycles. The third-order valence-electron chi connectivity index (χ3n) is 4.10. The standard InChI is InChI=1S/C21H23N3OS/c25-20(12-5-4-10-17-8-2-1-3-9-17)23-15-13-18-16-26-21(24-18)19-11-6-7-14-22-19/h1-3,6-9,11,14,16H,4-5,10,12-13,15H2,(H,23,25). The molecule has 5 heteroatoms. The van der Waals surface area contributed by atoms with Crippen molar-refractivity contribution < 1.29 is 4.79 Å². The topological polar surface area (TPSA) is 54.9 Å². The minimum Gasteiger partial charge on any atom is -0.356 e. The molecule has 4 nitrogen and oxygen atoms in total. The molecule has 0 aliphatic heterocycles. The second-order valence-electron chi connectivity index (χ2n) is 6.15. The van der Waals surface area contributed by atoms with Crippen molar-refractivity contribution in [2.45, 2.75) is 32.1 Å². The maximum atomic E-state index is 11.9. The van der Waals surface area contributed by atoms with Crippen molar-refractivity contribution in [2.75, 3.05) is 6.54 Å². The molecule has 0 fully saturated rings. The van der Waals surface area contributed by atoms with Gasteiger partial charge in [0, 0.05) is 31.0 Å². The van der Waals surface area contributed by atoms with Crippen LogP contribution in [0.3, 0.4) is 0 Å². The second-order valence-corrected chi connectivity index (χ2v) is 7.01. The highest BCUT2D eigenvalue weighted by atomic mass is 32.1. The molecule has 0 spiro atoms. The maximum absolute atomic E-state index is 11.9. The number of benzene rings is 1. The number of aromatic nitrogens is 2. The number of pyridine rings is 1. The van der Waals surface area contributed by atoms with E-state index in [0.29, 0.717) is 13.0 Å². The highest BCUT2D eigenvalue weighted by Gasteiger charge is 2.06. The number of thiazole rings is 1. The van der Waals surface area contributed by atoms with Gasteiger partial charge in [0.1, 0.15) is 5.01 Å². The summed E-state index contributed by atoms with van der Waals surface area (Å²) in [5.74, 6) is 0.123. The fourth-order valence-corrected chi connectivity index (χ4v) is 3.54. The Kier molecular flexibility index (Phi) is 6.90. The van der Waals surface area contributed by atoms with E-state index < -0.39 is 0 Å². The van der Waals surface area contributed by atoms with Crippen LogP contribution >= 0.6 is 11.3 Å². The lowest BCUT2D eigenvalue weighted by molar-refractivity contribution is -0.121. The van der Waals surface area contributed by atoms with Crippen molar-refractivity contribution in [3.05, 3.63) is 71.4 Å². The van der Waals surface area contributed by atoms with Crippen LogP contribution in [0.4, 0.5) is 0 Å². The summed E-state index contributed by atoms with van der Waals surface area (Å²) in [4.78, 5) is 20.8. The van der Waals surface area contributed by atoms with Crippen LogP contribution in [0.15, 0.2) is 60.1 Å². The number of amides is 1. The minimum absolute atomic E-state index is 0.123. The predicted molar refractivity (Wildman–Crippen MR) is 106 cm³/mol. The van der Waals surface area contributed by atoms with Gasteiger partial charge in [0.25, 0.3) is 0 Å². The Bertz CT molecular complexity index is 802. The van der Waals surface area contributed by atoms with E-state index in [9.17, 15) is 4.79 Å². The van der Waals surface area contributed by atoms with Gasteiger partial charge in [-0.25, -0.2) is 4.98 Å². The van der Waals surface area contributed by atoms with Crippen molar-refractivity contribution in [1.29, 1.82) is 0 Å². The van der Waals surface area contributed by atoms with Crippen LogP contribution in [0, 0.1) is 0 Å². The average molecular weight is 366 g/mol. The number of hydrogen-bond donors (Lipinski definition) is 1. The van der Waals surface area contributed by atoms with Crippen molar-refractivity contribution in [1.82, 2.24) is 15.3 Å². The first-order chi connectivity index (χ1) is 12.8. The predicted octanol–water partition coefficient (Wildman–Crippen LogP) is 4.28. The molecule has 3 aromatic rings. The molecule has 0 atom stereocenters. The summed E-state index contributed by atoms with van der Waals surface area (Å²) in [6.45, 7) is 0.628. The van der Waals surface area contributed by atoms with Gasteiger partial charge in [-0.15, -0.1) is 11.3 Å². The Morgan fingerprint density at radius 2 is 1.85 bits per heavy atom. The SMILES string of the molecule is O=C(CCCCc1ccccc1)NCCc1csc(-c2ccccn2)n1. The number of aryl methyl sites for hydroxylation is 1. The van der Waals surface area contributed by atoms with E-state index in [0.717, 1.165) is 42.1 Å². The van der Waals surface area contributed by atoms with Gasteiger partial charge in [0.05, 0.1) is 11.4 Å². The van der Waals surface area contributed by atoms with E-state index in [2.05, 4.69) is 39.6 Å². The van der Waals surface area contributed by atoms with Gasteiger partial charge < -0.3 is 5.32 Å².